The van der Waals surface area contributed by atoms with Gasteiger partial charge in [-0.15, -0.1) is 0 Å². The molecule has 198 valence electrons. The van der Waals surface area contributed by atoms with Gasteiger partial charge in [0.15, 0.2) is 0 Å². The Morgan fingerprint density at radius 2 is 1.62 bits per heavy atom. The fourth-order valence-corrected chi connectivity index (χ4v) is 6.45. The van der Waals surface area contributed by atoms with E-state index in [2.05, 4.69) is 16.7 Å². The number of ether oxygens (including phenoxy) is 2. The van der Waals surface area contributed by atoms with Gasteiger partial charge < -0.3 is 9.47 Å². The van der Waals surface area contributed by atoms with Gasteiger partial charge in [0.05, 0.1) is 29.0 Å². The Bertz CT molecular complexity index is 1300. The van der Waals surface area contributed by atoms with E-state index >= 15 is 0 Å². The second kappa shape index (κ2) is 11.3. The number of aromatic nitrogens is 2. The van der Waals surface area contributed by atoms with Crippen LogP contribution in [0.4, 0.5) is 0 Å². The average Bonchev–Trinajstić information content (AvgIpc) is 3.46. The number of nitrogens with zero attached hydrogens (tertiary/aromatic N) is 5. The van der Waals surface area contributed by atoms with Crippen molar-refractivity contribution >= 4 is 20.9 Å². The van der Waals surface area contributed by atoms with Crippen LogP contribution >= 0.6 is 0 Å². The van der Waals surface area contributed by atoms with Crippen LogP contribution in [-0.2, 0) is 10.0 Å². The first-order valence-electron chi connectivity index (χ1n) is 13.0. The van der Waals surface area contributed by atoms with Crippen LogP contribution in [0.5, 0.6) is 11.6 Å². The number of benzene rings is 2. The molecular formula is C27H35N5O4S. The molecule has 3 aromatic rings. The largest absolute Gasteiger partial charge is 0.497 e. The van der Waals surface area contributed by atoms with Crippen LogP contribution in [-0.4, -0.2) is 92.0 Å². The molecule has 9 nitrogen and oxygen atoms in total. The Kier molecular flexibility index (Phi) is 7.89. The number of rotatable bonds is 9. The van der Waals surface area contributed by atoms with Gasteiger partial charge in [-0.2, -0.15) is 9.29 Å². The third-order valence-electron chi connectivity index (χ3n) is 7.32. The van der Waals surface area contributed by atoms with Crippen molar-refractivity contribution in [1.82, 2.24) is 24.1 Å². The SMILES string of the molecule is COc1ccc(S(=O)(=O)N2CCN(C(C)c3nc(OCCN4CCCC4)c4ccccc4n3)CC2)cc1. The van der Waals surface area contributed by atoms with Crippen molar-refractivity contribution in [3.05, 3.63) is 54.4 Å². The van der Waals surface area contributed by atoms with Crippen LogP contribution in [0, 0.1) is 0 Å². The topological polar surface area (TPSA) is 88.1 Å². The first-order chi connectivity index (χ1) is 18.0. The molecule has 1 unspecified atom stereocenters. The second-order valence-electron chi connectivity index (χ2n) is 9.59. The quantitative estimate of drug-likeness (QED) is 0.421. The highest BCUT2D eigenvalue weighted by Gasteiger charge is 2.31. The molecule has 37 heavy (non-hydrogen) atoms. The highest BCUT2D eigenvalue weighted by molar-refractivity contribution is 7.89. The maximum Gasteiger partial charge on any atom is 0.243 e. The van der Waals surface area contributed by atoms with E-state index < -0.39 is 10.0 Å². The zero-order valence-corrected chi connectivity index (χ0v) is 22.4. The van der Waals surface area contributed by atoms with Gasteiger partial charge in [-0.1, -0.05) is 12.1 Å². The summed E-state index contributed by atoms with van der Waals surface area (Å²) in [5.41, 5.74) is 0.858. The Labute approximate surface area is 219 Å². The Morgan fingerprint density at radius 3 is 2.32 bits per heavy atom. The maximum absolute atomic E-state index is 13.1. The number of fused-ring (bicyclic) bond motifs is 1. The summed E-state index contributed by atoms with van der Waals surface area (Å²) in [6.45, 7) is 7.84. The van der Waals surface area contributed by atoms with Gasteiger partial charge in [-0.25, -0.2) is 13.4 Å². The third kappa shape index (κ3) is 5.72. The normalized spacial score (nSPS) is 18.8. The molecule has 2 aromatic carbocycles. The van der Waals surface area contributed by atoms with Gasteiger partial charge in [0.1, 0.15) is 18.2 Å². The van der Waals surface area contributed by atoms with Crippen LogP contribution < -0.4 is 9.47 Å². The van der Waals surface area contributed by atoms with Crippen molar-refractivity contribution in [3.8, 4) is 11.6 Å². The number of hydrogen-bond donors (Lipinski definition) is 0. The van der Waals surface area contributed by atoms with E-state index in [0.29, 0.717) is 50.2 Å². The number of likely N-dealkylation sites (tertiary alicyclic amines) is 1. The van der Waals surface area contributed by atoms with Crippen molar-refractivity contribution < 1.29 is 17.9 Å². The average molecular weight is 526 g/mol. The van der Waals surface area contributed by atoms with Crippen molar-refractivity contribution in [3.63, 3.8) is 0 Å². The number of piperazine rings is 1. The predicted octanol–water partition coefficient (Wildman–Crippen LogP) is 3.18. The molecule has 1 aromatic heterocycles. The van der Waals surface area contributed by atoms with E-state index in [0.717, 1.165) is 30.5 Å². The van der Waals surface area contributed by atoms with Crippen molar-refractivity contribution in [2.24, 2.45) is 0 Å². The second-order valence-corrected chi connectivity index (χ2v) is 11.5. The molecule has 0 N–H and O–H groups in total. The molecule has 2 aliphatic rings. The lowest BCUT2D eigenvalue weighted by molar-refractivity contribution is 0.140. The molecule has 2 saturated heterocycles. The minimum Gasteiger partial charge on any atom is -0.497 e. The molecule has 1 atom stereocenters. The lowest BCUT2D eigenvalue weighted by atomic mass is 10.2. The van der Waals surface area contributed by atoms with E-state index in [9.17, 15) is 8.42 Å². The van der Waals surface area contributed by atoms with Crippen LogP contribution in [0.3, 0.4) is 0 Å². The van der Waals surface area contributed by atoms with E-state index in [1.165, 1.54) is 12.8 Å². The van der Waals surface area contributed by atoms with E-state index in [-0.39, 0.29) is 10.9 Å². The molecule has 0 radical (unpaired) electrons. The molecule has 2 fully saturated rings. The lowest BCUT2D eigenvalue weighted by Crippen LogP contribution is -2.49. The third-order valence-corrected chi connectivity index (χ3v) is 9.24. The molecular weight excluding hydrogens is 490 g/mol. The van der Waals surface area contributed by atoms with Crippen LogP contribution in [0.15, 0.2) is 53.4 Å². The number of sulfonamides is 1. The van der Waals surface area contributed by atoms with Gasteiger partial charge in [0, 0.05) is 32.7 Å². The van der Waals surface area contributed by atoms with E-state index in [1.54, 1.807) is 35.7 Å². The molecule has 0 spiro atoms. The minimum absolute atomic E-state index is 0.0728. The van der Waals surface area contributed by atoms with Gasteiger partial charge in [0.2, 0.25) is 15.9 Å². The Hall–Kier alpha value is -2.79. The monoisotopic (exact) mass is 525 g/mol. The van der Waals surface area contributed by atoms with Crippen LogP contribution in [0.25, 0.3) is 10.9 Å². The molecule has 0 bridgehead atoms. The molecule has 0 aliphatic carbocycles. The molecule has 2 aliphatic heterocycles. The summed E-state index contributed by atoms with van der Waals surface area (Å²) in [4.78, 5) is 14.6. The van der Waals surface area contributed by atoms with Crippen molar-refractivity contribution in [1.29, 1.82) is 0 Å². The first-order valence-corrected chi connectivity index (χ1v) is 14.4. The molecule has 10 heteroatoms. The van der Waals surface area contributed by atoms with Gasteiger partial charge in [0.25, 0.3) is 0 Å². The maximum atomic E-state index is 13.1. The number of hydrogen-bond acceptors (Lipinski definition) is 8. The van der Waals surface area contributed by atoms with Crippen LogP contribution in [0.2, 0.25) is 0 Å². The number of para-hydroxylation sites is 1. The molecule has 0 saturated carbocycles. The predicted molar refractivity (Wildman–Crippen MR) is 142 cm³/mol. The molecule has 5 rings (SSSR count). The highest BCUT2D eigenvalue weighted by atomic mass is 32.2. The smallest absolute Gasteiger partial charge is 0.243 e. The molecule has 3 heterocycles. The summed E-state index contributed by atoms with van der Waals surface area (Å²) in [6.07, 6.45) is 2.51. The standard InChI is InChI=1S/C27H35N5O4S/c1-21(31-15-17-32(18-16-31)37(33,34)23-11-9-22(35-2)10-12-23)26-28-25-8-4-3-7-24(25)27(29-26)36-20-19-30-13-5-6-14-30/h3-4,7-12,21H,5-6,13-20H2,1-2H3. The lowest BCUT2D eigenvalue weighted by Gasteiger charge is -2.36. The van der Waals surface area contributed by atoms with E-state index in [1.807, 2.05) is 24.3 Å². The highest BCUT2D eigenvalue weighted by Crippen LogP contribution is 2.28. The van der Waals surface area contributed by atoms with Gasteiger partial charge in [-0.3, -0.25) is 9.80 Å². The summed E-state index contributed by atoms with van der Waals surface area (Å²) in [5.74, 6) is 1.95. The Balaban J connectivity index is 1.27. The summed E-state index contributed by atoms with van der Waals surface area (Å²) >= 11 is 0. The fraction of sp³-hybridized carbons (Fsp3) is 0.481. The first kappa shape index (κ1) is 25.8. The van der Waals surface area contributed by atoms with Crippen molar-refractivity contribution in [2.75, 3.05) is 59.5 Å². The zero-order valence-electron chi connectivity index (χ0n) is 21.5. The summed E-state index contributed by atoms with van der Waals surface area (Å²) in [5, 5.41) is 0.912. The zero-order chi connectivity index (χ0) is 25.8. The summed E-state index contributed by atoms with van der Waals surface area (Å²) in [7, 11) is -2.00. The molecule has 0 amide bonds. The summed E-state index contributed by atoms with van der Waals surface area (Å²) < 4.78 is 39.2. The minimum atomic E-state index is -3.56. The Morgan fingerprint density at radius 1 is 0.919 bits per heavy atom. The van der Waals surface area contributed by atoms with E-state index in [4.69, 9.17) is 19.4 Å². The van der Waals surface area contributed by atoms with Crippen molar-refractivity contribution in [2.45, 2.75) is 30.7 Å². The van der Waals surface area contributed by atoms with Crippen LogP contribution in [0.1, 0.15) is 31.6 Å². The number of methoxy groups -OCH3 is 1. The van der Waals surface area contributed by atoms with Gasteiger partial charge >= 0.3 is 0 Å². The fourth-order valence-electron chi connectivity index (χ4n) is 5.03. The van der Waals surface area contributed by atoms with Gasteiger partial charge in [-0.05, 0) is 69.3 Å². The summed E-state index contributed by atoms with van der Waals surface area (Å²) in [6, 6.07) is 14.4.